The molecule has 1 fully saturated rings. The molecule has 4 heteroatoms. The smallest absolute Gasteiger partial charge is 0.180 e. The highest BCUT2D eigenvalue weighted by molar-refractivity contribution is 6.00. The molecular formula is C15H21NO3. The third kappa shape index (κ3) is 3.47. The highest BCUT2D eigenvalue weighted by Crippen LogP contribution is 2.24. The monoisotopic (exact) mass is 263 g/mol. The fourth-order valence-corrected chi connectivity index (χ4v) is 2.49. The number of hydrogen-bond acceptors (Lipinski definition) is 4. The summed E-state index contributed by atoms with van der Waals surface area (Å²) >= 11 is 0. The molecule has 0 atom stereocenters. The van der Waals surface area contributed by atoms with Crippen LogP contribution in [0, 0.1) is 0 Å². The summed E-state index contributed by atoms with van der Waals surface area (Å²) < 4.78 is 10.4. The van der Waals surface area contributed by atoms with Crippen LogP contribution in [0.1, 0.15) is 36.0 Å². The number of Topliss-reactive ketones (excluding diaryl/α,β-unsaturated/α-hetero) is 1. The van der Waals surface area contributed by atoms with E-state index in [0.717, 1.165) is 0 Å². The number of hydrogen-bond donors (Lipinski definition) is 1. The van der Waals surface area contributed by atoms with E-state index in [1.807, 2.05) is 0 Å². The molecule has 104 valence electrons. The van der Waals surface area contributed by atoms with E-state index in [2.05, 4.69) is 5.32 Å². The van der Waals surface area contributed by atoms with Gasteiger partial charge in [0.15, 0.2) is 5.78 Å². The molecule has 2 rings (SSSR count). The van der Waals surface area contributed by atoms with Gasteiger partial charge in [-0.1, -0.05) is 12.8 Å². The molecule has 0 unspecified atom stereocenters. The van der Waals surface area contributed by atoms with Gasteiger partial charge in [-0.2, -0.15) is 0 Å². The number of rotatable bonds is 6. The van der Waals surface area contributed by atoms with E-state index in [1.165, 1.54) is 25.7 Å². The van der Waals surface area contributed by atoms with E-state index < -0.39 is 0 Å². The van der Waals surface area contributed by atoms with Gasteiger partial charge in [0.05, 0.1) is 26.3 Å². The quantitative estimate of drug-likeness (QED) is 0.801. The van der Waals surface area contributed by atoms with Crippen LogP contribution in [-0.2, 0) is 0 Å². The first-order valence-electron chi connectivity index (χ1n) is 6.73. The molecule has 0 spiro atoms. The maximum absolute atomic E-state index is 12.3. The van der Waals surface area contributed by atoms with Gasteiger partial charge in [0.2, 0.25) is 0 Å². The second-order valence-electron chi connectivity index (χ2n) is 4.85. The average Bonchev–Trinajstić information content (AvgIpc) is 2.97. The molecule has 0 aromatic heterocycles. The number of ether oxygens (including phenoxy) is 2. The molecule has 0 amide bonds. The lowest BCUT2D eigenvalue weighted by Crippen LogP contribution is -2.31. The summed E-state index contributed by atoms with van der Waals surface area (Å²) in [7, 11) is 3.16. The lowest BCUT2D eigenvalue weighted by Gasteiger charge is -2.13. The van der Waals surface area contributed by atoms with E-state index in [4.69, 9.17) is 9.47 Å². The molecule has 1 aliphatic carbocycles. The second kappa shape index (κ2) is 6.57. The molecular weight excluding hydrogens is 242 g/mol. The standard InChI is InChI=1S/C15H21NO3/c1-18-12-7-8-15(19-2)13(9-12)14(17)10-16-11-5-3-4-6-11/h7-9,11,16H,3-6,10H2,1-2H3. The Bertz CT molecular complexity index is 439. The summed E-state index contributed by atoms with van der Waals surface area (Å²) in [5.74, 6) is 1.31. The van der Waals surface area contributed by atoms with Gasteiger partial charge in [-0.25, -0.2) is 0 Å². The Morgan fingerprint density at radius 2 is 2.00 bits per heavy atom. The normalized spacial score (nSPS) is 15.5. The van der Waals surface area contributed by atoms with Crippen molar-refractivity contribution in [3.63, 3.8) is 0 Å². The molecule has 19 heavy (non-hydrogen) atoms. The lowest BCUT2D eigenvalue weighted by molar-refractivity contribution is 0.0984. The Balaban J connectivity index is 2.03. The fourth-order valence-electron chi connectivity index (χ4n) is 2.49. The molecule has 1 aromatic carbocycles. The minimum atomic E-state index is 0.0441. The Morgan fingerprint density at radius 3 is 2.63 bits per heavy atom. The van der Waals surface area contributed by atoms with Crippen LogP contribution >= 0.6 is 0 Å². The van der Waals surface area contributed by atoms with Crippen LogP contribution in [0.2, 0.25) is 0 Å². The summed E-state index contributed by atoms with van der Waals surface area (Å²) in [4.78, 5) is 12.3. The van der Waals surface area contributed by atoms with Crippen molar-refractivity contribution in [2.45, 2.75) is 31.7 Å². The van der Waals surface area contributed by atoms with Crippen molar-refractivity contribution in [1.29, 1.82) is 0 Å². The van der Waals surface area contributed by atoms with Crippen LogP contribution in [0.4, 0.5) is 0 Å². The van der Waals surface area contributed by atoms with Crippen LogP contribution in [0.5, 0.6) is 11.5 Å². The van der Waals surface area contributed by atoms with E-state index in [0.29, 0.717) is 29.6 Å². The molecule has 0 heterocycles. The first kappa shape index (κ1) is 13.9. The molecule has 4 nitrogen and oxygen atoms in total. The Hall–Kier alpha value is -1.55. The lowest BCUT2D eigenvalue weighted by atomic mass is 10.1. The Labute approximate surface area is 114 Å². The molecule has 1 saturated carbocycles. The summed E-state index contributed by atoms with van der Waals surface area (Å²) in [6.07, 6.45) is 4.85. The van der Waals surface area contributed by atoms with Crippen molar-refractivity contribution in [2.24, 2.45) is 0 Å². The van der Waals surface area contributed by atoms with Gasteiger partial charge in [0.25, 0.3) is 0 Å². The van der Waals surface area contributed by atoms with Crippen LogP contribution in [-0.4, -0.2) is 32.6 Å². The molecule has 0 radical (unpaired) electrons. The highest BCUT2D eigenvalue weighted by Gasteiger charge is 2.18. The van der Waals surface area contributed by atoms with Crippen molar-refractivity contribution < 1.29 is 14.3 Å². The van der Waals surface area contributed by atoms with Gasteiger partial charge < -0.3 is 14.8 Å². The Morgan fingerprint density at radius 1 is 1.26 bits per heavy atom. The van der Waals surface area contributed by atoms with Crippen LogP contribution in [0.15, 0.2) is 18.2 Å². The number of carbonyl (C=O) groups is 1. The van der Waals surface area contributed by atoms with Crippen molar-refractivity contribution in [1.82, 2.24) is 5.32 Å². The molecule has 1 aliphatic rings. The predicted molar refractivity (Wildman–Crippen MR) is 74.1 cm³/mol. The van der Waals surface area contributed by atoms with Gasteiger partial charge >= 0.3 is 0 Å². The fraction of sp³-hybridized carbons (Fsp3) is 0.533. The summed E-state index contributed by atoms with van der Waals surface area (Å²) in [5, 5.41) is 3.32. The molecule has 0 saturated heterocycles. The number of nitrogens with one attached hydrogen (secondary N) is 1. The zero-order valence-electron chi connectivity index (χ0n) is 11.6. The predicted octanol–water partition coefficient (Wildman–Crippen LogP) is 2.42. The van der Waals surface area contributed by atoms with Gasteiger partial charge in [0.1, 0.15) is 11.5 Å². The van der Waals surface area contributed by atoms with Crippen LogP contribution in [0.3, 0.4) is 0 Å². The molecule has 1 aromatic rings. The average molecular weight is 263 g/mol. The van der Waals surface area contributed by atoms with Crippen LogP contribution in [0.25, 0.3) is 0 Å². The minimum absolute atomic E-state index is 0.0441. The molecule has 0 bridgehead atoms. The van der Waals surface area contributed by atoms with Gasteiger partial charge in [-0.15, -0.1) is 0 Å². The largest absolute Gasteiger partial charge is 0.497 e. The summed E-state index contributed by atoms with van der Waals surface area (Å²) in [6.45, 7) is 0.355. The van der Waals surface area contributed by atoms with Gasteiger partial charge in [-0.05, 0) is 31.0 Å². The number of ketones is 1. The molecule has 0 aliphatic heterocycles. The topological polar surface area (TPSA) is 47.6 Å². The number of benzene rings is 1. The SMILES string of the molecule is COc1ccc(OC)c(C(=O)CNC2CCCC2)c1. The molecule has 1 N–H and O–H groups in total. The van der Waals surface area contributed by atoms with Gasteiger partial charge in [-0.3, -0.25) is 4.79 Å². The maximum atomic E-state index is 12.3. The second-order valence-corrected chi connectivity index (χ2v) is 4.85. The van der Waals surface area contributed by atoms with Crippen molar-refractivity contribution in [2.75, 3.05) is 20.8 Å². The van der Waals surface area contributed by atoms with Crippen molar-refractivity contribution >= 4 is 5.78 Å². The van der Waals surface area contributed by atoms with E-state index >= 15 is 0 Å². The van der Waals surface area contributed by atoms with Crippen molar-refractivity contribution in [3.05, 3.63) is 23.8 Å². The third-order valence-electron chi connectivity index (χ3n) is 3.61. The first-order chi connectivity index (χ1) is 9.24. The van der Waals surface area contributed by atoms with Crippen molar-refractivity contribution in [3.8, 4) is 11.5 Å². The zero-order valence-corrected chi connectivity index (χ0v) is 11.6. The third-order valence-corrected chi connectivity index (χ3v) is 3.61. The highest BCUT2D eigenvalue weighted by atomic mass is 16.5. The summed E-state index contributed by atoms with van der Waals surface area (Å²) in [5.41, 5.74) is 0.576. The van der Waals surface area contributed by atoms with E-state index in [1.54, 1.807) is 32.4 Å². The van der Waals surface area contributed by atoms with E-state index in [-0.39, 0.29) is 5.78 Å². The van der Waals surface area contributed by atoms with E-state index in [9.17, 15) is 4.79 Å². The number of methoxy groups -OCH3 is 2. The first-order valence-corrected chi connectivity index (χ1v) is 6.73. The Kier molecular flexibility index (Phi) is 4.80. The summed E-state index contributed by atoms with van der Waals surface area (Å²) in [6, 6.07) is 5.78. The van der Waals surface area contributed by atoms with Crippen LogP contribution < -0.4 is 14.8 Å². The zero-order chi connectivity index (χ0) is 13.7. The van der Waals surface area contributed by atoms with Gasteiger partial charge in [0, 0.05) is 6.04 Å². The maximum Gasteiger partial charge on any atom is 0.180 e. The number of carbonyl (C=O) groups excluding carboxylic acids is 1. The minimum Gasteiger partial charge on any atom is -0.497 e.